The quantitative estimate of drug-likeness (QED) is 0.828. The predicted molar refractivity (Wildman–Crippen MR) is 87.6 cm³/mol. The normalized spacial score (nSPS) is 10.0. The Morgan fingerprint density at radius 2 is 1.68 bits per heavy atom. The summed E-state index contributed by atoms with van der Waals surface area (Å²) < 4.78 is 6.12. The fourth-order valence-corrected chi connectivity index (χ4v) is 2.05. The van der Waals surface area contributed by atoms with E-state index >= 15 is 0 Å². The number of anilines is 1. The van der Waals surface area contributed by atoms with E-state index in [0.29, 0.717) is 17.9 Å². The molecule has 0 saturated carbocycles. The topological polar surface area (TPSA) is 81.4 Å². The van der Waals surface area contributed by atoms with Crippen molar-refractivity contribution < 1.29 is 14.3 Å². The standard InChI is InChI=1S/C16H15BrN2O3/c17-12-3-1-11(2-4-12)9-16(21)19-13-5-7-14(8-6-13)22-10-15(18)20/h1-8H,9-10H2,(H2,18,20)(H,19,21). The van der Waals surface area contributed by atoms with E-state index in [9.17, 15) is 9.59 Å². The van der Waals surface area contributed by atoms with Crippen molar-refractivity contribution in [1.29, 1.82) is 0 Å². The number of halogens is 1. The summed E-state index contributed by atoms with van der Waals surface area (Å²) in [7, 11) is 0. The highest BCUT2D eigenvalue weighted by molar-refractivity contribution is 9.10. The van der Waals surface area contributed by atoms with Gasteiger partial charge in [-0.3, -0.25) is 9.59 Å². The number of nitrogens with one attached hydrogen (secondary N) is 1. The fourth-order valence-electron chi connectivity index (χ4n) is 1.78. The summed E-state index contributed by atoms with van der Waals surface area (Å²) in [6.07, 6.45) is 0.299. The number of hydrogen-bond acceptors (Lipinski definition) is 3. The highest BCUT2D eigenvalue weighted by Gasteiger charge is 2.05. The number of amides is 2. The zero-order chi connectivity index (χ0) is 15.9. The smallest absolute Gasteiger partial charge is 0.255 e. The highest BCUT2D eigenvalue weighted by Crippen LogP contribution is 2.16. The summed E-state index contributed by atoms with van der Waals surface area (Å²) in [5.74, 6) is -0.121. The van der Waals surface area contributed by atoms with Crippen molar-refractivity contribution in [1.82, 2.24) is 0 Å². The van der Waals surface area contributed by atoms with Crippen LogP contribution in [0.3, 0.4) is 0 Å². The van der Waals surface area contributed by atoms with E-state index in [1.54, 1.807) is 24.3 Å². The molecule has 3 N–H and O–H groups in total. The van der Waals surface area contributed by atoms with Crippen LogP contribution in [0.5, 0.6) is 5.75 Å². The molecule has 0 atom stereocenters. The number of benzene rings is 2. The molecule has 2 aromatic rings. The third kappa shape index (κ3) is 5.21. The SMILES string of the molecule is NC(=O)COc1ccc(NC(=O)Cc2ccc(Br)cc2)cc1. The molecule has 0 aromatic heterocycles. The van der Waals surface area contributed by atoms with E-state index < -0.39 is 5.91 Å². The van der Waals surface area contributed by atoms with Crippen LogP contribution in [0.25, 0.3) is 0 Å². The highest BCUT2D eigenvalue weighted by atomic mass is 79.9. The molecule has 22 heavy (non-hydrogen) atoms. The van der Waals surface area contributed by atoms with E-state index in [0.717, 1.165) is 10.0 Å². The second kappa shape index (κ2) is 7.61. The molecule has 0 heterocycles. The lowest BCUT2D eigenvalue weighted by molar-refractivity contribution is -0.120. The summed E-state index contributed by atoms with van der Waals surface area (Å²) in [5, 5.41) is 2.80. The Hall–Kier alpha value is -2.34. The number of nitrogens with two attached hydrogens (primary N) is 1. The Balaban J connectivity index is 1.88. The second-order valence-corrected chi connectivity index (χ2v) is 5.55. The van der Waals surface area contributed by atoms with Crippen LogP contribution < -0.4 is 15.8 Å². The monoisotopic (exact) mass is 362 g/mol. The van der Waals surface area contributed by atoms with Gasteiger partial charge in [0, 0.05) is 10.2 Å². The molecular weight excluding hydrogens is 348 g/mol. The number of hydrogen-bond donors (Lipinski definition) is 2. The van der Waals surface area contributed by atoms with Crippen LogP contribution in [0.4, 0.5) is 5.69 Å². The lowest BCUT2D eigenvalue weighted by Crippen LogP contribution is -2.20. The molecule has 0 fully saturated rings. The molecule has 2 aromatic carbocycles. The molecule has 5 nitrogen and oxygen atoms in total. The van der Waals surface area contributed by atoms with Crippen molar-refractivity contribution in [3.05, 3.63) is 58.6 Å². The Bertz CT molecular complexity index is 654. The van der Waals surface area contributed by atoms with Gasteiger partial charge in [0.15, 0.2) is 6.61 Å². The minimum Gasteiger partial charge on any atom is -0.484 e. The van der Waals surface area contributed by atoms with Gasteiger partial charge in [-0.1, -0.05) is 28.1 Å². The molecule has 0 spiro atoms. The lowest BCUT2D eigenvalue weighted by atomic mass is 10.1. The van der Waals surface area contributed by atoms with Gasteiger partial charge in [-0.2, -0.15) is 0 Å². The molecule has 114 valence electrons. The third-order valence-corrected chi connectivity index (χ3v) is 3.33. The van der Waals surface area contributed by atoms with Gasteiger partial charge in [0.25, 0.3) is 5.91 Å². The third-order valence-electron chi connectivity index (χ3n) is 2.80. The number of primary amides is 1. The van der Waals surface area contributed by atoms with Crippen LogP contribution in [0.1, 0.15) is 5.56 Å². The maximum absolute atomic E-state index is 12.0. The summed E-state index contributed by atoms with van der Waals surface area (Å²) in [4.78, 5) is 22.6. The van der Waals surface area contributed by atoms with Crippen LogP contribution >= 0.6 is 15.9 Å². The molecule has 0 aliphatic carbocycles. The first kappa shape index (κ1) is 16.0. The van der Waals surface area contributed by atoms with E-state index in [1.165, 1.54) is 0 Å². The maximum atomic E-state index is 12.0. The first-order valence-corrected chi connectivity index (χ1v) is 7.38. The summed E-state index contributed by atoms with van der Waals surface area (Å²) >= 11 is 3.35. The Morgan fingerprint density at radius 1 is 1.05 bits per heavy atom. The number of rotatable bonds is 6. The second-order valence-electron chi connectivity index (χ2n) is 4.63. The summed E-state index contributed by atoms with van der Waals surface area (Å²) in [6, 6.07) is 14.3. The van der Waals surface area contributed by atoms with Gasteiger partial charge in [0.05, 0.1) is 6.42 Å². The minimum absolute atomic E-state index is 0.104. The van der Waals surface area contributed by atoms with Gasteiger partial charge in [0.1, 0.15) is 5.75 Å². The molecule has 2 amide bonds. The van der Waals surface area contributed by atoms with Gasteiger partial charge >= 0.3 is 0 Å². The van der Waals surface area contributed by atoms with Gasteiger partial charge in [-0.05, 0) is 42.0 Å². The fraction of sp³-hybridized carbons (Fsp3) is 0.125. The molecule has 0 saturated heterocycles. The van der Waals surface area contributed by atoms with Gasteiger partial charge in [-0.25, -0.2) is 0 Å². The molecule has 0 aliphatic heterocycles. The molecular formula is C16H15BrN2O3. The van der Waals surface area contributed by atoms with E-state index in [4.69, 9.17) is 10.5 Å². The number of ether oxygens (including phenoxy) is 1. The van der Waals surface area contributed by atoms with E-state index in [-0.39, 0.29) is 12.5 Å². The average molecular weight is 363 g/mol. The molecule has 0 unspecified atom stereocenters. The zero-order valence-electron chi connectivity index (χ0n) is 11.7. The number of carbonyl (C=O) groups excluding carboxylic acids is 2. The lowest BCUT2D eigenvalue weighted by Gasteiger charge is -2.07. The van der Waals surface area contributed by atoms with E-state index in [1.807, 2.05) is 24.3 Å². The van der Waals surface area contributed by atoms with Crippen molar-refractivity contribution in [2.24, 2.45) is 5.73 Å². The van der Waals surface area contributed by atoms with Crippen molar-refractivity contribution in [2.45, 2.75) is 6.42 Å². The minimum atomic E-state index is -0.535. The molecule has 0 bridgehead atoms. The molecule has 6 heteroatoms. The van der Waals surface area contributed by atoms with Crippen LogP contribution in [-0.2, 0) is 16.0 Å². The Labute approximate surface area is 136 Å². The van der Waals surface area contributed by atoms with Crippen molar-refractivity contribution in [3.8, 4) is 5.75 Å². The Morgan fingerprint density at radius 3 is 2.27 bits per heavy atom. The summed E-state index contributed by atoms with van der Waals surface area (Å²) in [5.41, 5.74) is 6.59. The molecule has 0 aliphatic rings. The zero-order valence-corrected chi connectivity index (χ0v) is 13.3. The van der Waals surface area contributed by atoms with Crippen LogP contribution in [0.15, 0.2) is 53.0 Å². The largest absolute Gasteiger partial charge is 0.484 e. The van der Waals surface area contributed by atoms with Gasteiger partial charge in [0.2, 0.25) is 5.91 Å². The van der Waals surface area contributed by atoms with E-state index in [2.05, 4.69) is 21.2 Å². The maximum Gasteiger partial charge on any atom is 0.255 e. The van der Waals surface area contributed by atoms with Crippen molar-refractivity contribution in [2.75, 3.05) is 11.9 Å². The first-order valence-electron chi connectivity index (χ1n) is 6.58. The molecule has 2 rings (SSSR count). The summed E-state index contributed by atoms with van der Waals surface area (Å²) in [6.45, 7) is -0.171. The van der Waals surface area contributed by atoms with Gasteiger partial charge < -0.3 is 15.8 Å². The molecule has 0 radical (unpaired) electrons. The van der Waals surface area contributed by atoms with Crippen LogP contribution in [-0.4, -0.2) is 18.4 Å². The van der Waals surface area contributed by atoms with Crippen LogP contribution in [0.2, 0.25) is 0 Å². The van der Waals surface area contributed by atoms with Gasteiger partial charge in [-0.15, -0.1) is 0 Å². The number of carbonyl (C=O) groups is 2. The first-order chi connectivity index (χ1) is 10.5. The van der Waals surface area contributed by atoms with Crippen molar-refractivity contribution in [3.63, 3.8) is 0 Å². The Kier molecular flexibility index (Phi) is 5.55. The van der Waals surface area contributed by atoms with Crippen LogP contribution in [0, 0.1) is 0 Å². The van der Waals surface area contributed by atoms with Crippen molar-refractivity contribution >= 4 is 33.4 Å². The predicted octanol–water partition coefficient (Wildman–Crippen LogP) is 2.49. The average Bonchev–Trinajstić information content (AvgIpc) is 2.49.